The largest absolute Gasteiger partial charge is 0.479 e. The molecule has 20 heavy (non-hydrogen) atoms. The molecular weight excluding hydrogens is 284 g/mol. The first-order chi connectivity index (χ1) is 9.51. The highest BCUT2D eigenvalue weighted by molar-refractivity contribution is 6.32. The number of anilines is 1. The highest BCUT2D eigenvalue weighted by atomic mass is 35.5. The fraction of sp³-hybridized carbons (Fsp3) is 0.308. The van der Waals surface area contributed by atoms with Crippen molar-refractivity contribution in [2.45, 2.75) is 25.0 Å². The third kappa shape index (κ3) is 3.07. The Morgan fingerprint density at radius 1 is 1.40 bits per heavy atom. The summed E-state index contributed by atoms with van der Waals surface area (Å²) in [4.78, 5) is 22.6. The van der Waals surface area contributed by atoms with Crippen LogP contribution in [-0.2, 0) is 14.3 Å². The average Bonchev–Trinajstić information content (AvgIpc) is 2.88. The van der Waals surface area contributed by atoms with E-state index in [1.54, 1.807) is 6.07 Å². The molecular formula is C13H11ClN2O4. The molecule has 1 aliphatic heterocycles. The maximum atomic E-state index is 11.9. The molecule has 0 aliphatic carbocycles. The number of carboxylic acids is 1. The average molecular weight is 295 g/mol. The monoisotopic (exact) mass is 294 g/mol. The van der Waals surface area contributed by atoms with Crippen molar-refractivity contribution in [1.82, 2.24) is 0 Å². The Morgan fingerprint density at radius 2 is 2.10 bits per heavy atom. The lowest BCUT2D eigenvalue weighted by Crippen LogP contribution is -2.29. The third-order valence-corrected chi connectivity index (χ3v) is 3.26. The van der Waals surface area contributed by atoms with Crippen molar-refractivity contribution in [3.05, 3.63) is 28.8 Å². The van der Waals surface area contributed by atoms with Gasteiger partial charge in [0.25, 0.3) is 5.91 Å². The van der Waals surface area contributed by atoms with Crippen LogP contribution in [0.25, 0.3) is 0 Å². The number of halogens is 1. The maximum absolute atomic E-state index is 11.9. The Bertz CT molecular complexity index is 597. The number of nitrogens with one attached hydrogen (secondary N) is 1. The van der Waals surface area contributed by atoms with Crippen molar-refractivity contribution in [1.29, 1.82) is 5.26 Å². The Morgan fingerprint density at radius 3 is 2.65 bits per heavy atom. The Balaban J connectivity index is 2.01. The van der Waals surface area contributed by atoms with Crippen LogP contribution in [0.2, 0.25) is 5.02 Å². The van der Waals surface area contributed by atoms with Gasteiger partial charge in [-0.05, 0) is 31.0 Å². The normalized spacial score (nSPS) is 21.2. The summed E-state index contributed by atoms with van der Waals surface area (Å²) in [5.41, 5.74) is 0.745. The van der Waals surface area contributed by atoms with E-state index < -0.39 is 24.1 Å². The molecule has 2 unspecified atom stereocenters. The van der Waals surface area contributed by atoms with Gasteiger partial charge in [0.1, 0.15) is 12.2 Å². The van der Waals surface area contributed by atoms with Gasteiger partial charge in [-0.2, -0.15) is 5.26 Å². The lowest BCUT2D eigenvalue weighted by atomic mass is 10.1. The van der Waals surface area contributed by atoms with E-state index in [9.17, 15) is 9.59 Å². The van der Waals surface area contributed by atoms with Crippen molar-refractivity contribution in [2.24, 2.45) is 0 Å². The predicted octanol–water partition coefficient (Wildman–Crippen LogP) is 1.78. The van der Waals surface area contributed by atoms with Crippen LogP contribution < -0.4 is 5.32 Å². The summed E-state index contributed by atoms with van der Waals surface area (Å²) in [6, 6.07) is 6.42. The first-order valence-electron chi connectivity index (χ1n) is 5.90. The van der Waals surface area contributed by atoms with E-state index in [0.717, 1.165) is 0 Å². The van der Waals surface area contributed by atoms with Gasteiger partial charge in [-0.3, -0.25) is 4.79 Å². The number of carbonyl (C=O) groups excluding carboxylic acids is 1. The van der Waals surface area contributed by atoms with Crippen molar-refractivity contribution < 1.29 is 19.4 Å². The van der Waals surface area contributed by atoms with E-state index in [-0.39, 0.29) is 5.02 Å². The van der Waals surface area contributed by atoms with Gasteiger partial charge < -0.3 is 15.2 Å². The number of carbonyl (C=O) groups is 2. The number of ether oxygens (including phenoxy) is 1. The fourth-order valence-corrected chi connectivity index (χ4v) is 2.14. The number of carboxylic acid groups (broad SMARTS) is 1. The van der Waals surface area contributed by atoms with E-state index in [2.05, 4.69) is 5.32 Å². The van der Waals surface area contributed by atoms with Crippen molar-refractivity contribution in [2.75, 3.05) is 5.32 Å². The maximum Gasteiger partial charge on any atom is 0.332 e. The molecule has 1 aromatic rings. The van der Waals surface area contributed by atoms with Crippen LogP contribution in [0, 0.1) is 11.3 Å². The SMILES string of the molecule is N#Cc1ccc(NC(=O)C2CCC(C(=O)O)O2)cc1Cl. The second-order valence-electron chi connectivity index (χ2n) is 4.32. The summed E-state index contributed by atoms with van der Waals surface area (Å²) in [6.07, 6.45) is -1.06. The van der Waals surface area contributed by atoms with Crippen LogP contribution in [0.5, 0.6) is 0 Å². The molecule has 0 saturated carbocycles. The van der Waals surface area contributed by atoms with Crippen LogP contribution in [0.4, 0.5) is 5.69 Å². The van der Waals surface area contributed by atoms with E-state index in [1.165, 1.54) is 12.1 Å². The van der Waals surface area contributed by atoms with Crippen molar-refractivity contribution in [3.63, 3.8) is 0 Å². The number of hydrogen-bond donors (Lipinski definition) is 2. The first kappa shape index (κ1) is 14.3. The fourth-order valence-electron chi connectivity index (χ4n) is 1.92. The molecule has 0 aromatic heterocycles. The predicted molar refractivity (Wildman–Crippen MR) is 70.3 cm³/mol. The Kier molecular flexibility index (Phi) is 4.23. The number of hydrogen-bond acceptors (Lipinski definition) is 4. The van der Waals surface area contributed by atoms with Gasteiger partial charge in [-0.15, -0.1) is 0 Å². The van der Waals surface area contributed by atoms with Crippen LogP contribution in [0.3, 0.4) is 0 Å². The zero-order valence-electron chi connectivity index (χ0n) is 10.3. The smallest absolute Gasteiger partial charge is 0.332 e. The molecule has 2 atom stereocenters. The minimum atomic E-state index is -1.07. The molecule has 1 aliphatic rings. The number of benzene rings is 1. The van der Waals surface area contributed by atoms with Gasteiger partial charge in [-0.25, -0.2) is 4.79 Å². The van der Waals surface area contributed by atoms with E-state index in [0.29, 0.717) is 24.1 Å². The number of nitrogens with zero attached hydrogens (tertiary/aromatic N) is 1. The standard InChI is InChI=1S/C13H11ClN2O4/c14-9-5-8(2-1-7(9)6-15)16-12(17)10-3-4-11(20-10)13(18)19/h1-2,5,10-11H,3-4H2,(H,16,17)(H,18,19). The summed E-state index contributed by atoms with van der Waals surface area (Å²) in [5.74, 6) is -1.49. The van der Waals surface area contributed by atoms with Gasteiger partial charge >= 0.3 is 5.97 Å². The Hall–Kier alpha value is -2.10. The summed E-state index contributed by atoms with van der Waals surface area (Å²) in [7, 11) is 0. The molecule has 1 fully saturated rings. The van der Waals surface area contributed by atoms with Crippen LogP contribution >= 0.6 is 11.6 Å². The zero-order chi connectivity index (χ0) is 14.7. The van der Waals surface area contributed by atoms with Gasteiger partial charge in [0, 0.05) is 5.69 Å². The van der Waals surface area contributed by atoms with Crippen molar-refractivity contribution in [3.8, 4) is 6.07 Å². The van der Waals surface area contributed by atoms with E-state index in [1.807, 2.05) is 6.07 Å². The van der Waals surface area contributed by atoms with E-state index in [4.69, 9.17) is 26.7 Å². The minimum absolute atomic E-state index is 0.237. The summed E-state index contributed by atoms with van der Waals surface area (Å²) in [5, 5.41) is 20.4. The summed E-state index contributed by atoms with van der Waals surface area (Å²) in [6.45, 7) is 0. The minimum Gasteiger partial charge on any atom is -0.479 e. The number of amides is 1. The third-order valence-electron chi connectivity index (χ3n) is 2.94. The highest BCUT2D eigenvalue weighted by Gasteiger charge is 2.34. The molecule has 0 bridgehead atoms. The van der Waals surface area contributed by atoms with Crippen molar-refractivity contribution >= 4 is 29.2 Å². The van der Waals surface area contributed by atoms with Gasteiger partial charge in [-0.1, -0.05) is 11.6 Å². The molecule has 0 spiro atoms. The summed E-state index contributed by atoms with van der Waals surface area (Å²) >= 11 is 5.85. The molecule has 6 nitrogen and oxygen atoms in total. The van der Waals surface area contributed by atoms with Crippen LogP contribution in [0.1, 0.15) is 18.4 Å². The van der Waals surface area contributed by atoms with Gasteiger partial charge in [0.05, 0.1) is 10.6 Å². The second kappa shape index (κ2) is 5.90. The molecule has 1 aromatic carbocycles. The molecule has 1 saturated heterocycles. The molecule has 104 valence electrons. The lowest BCUT2D eigenvalue weighted by molar-refractivity contribution is -0.150. The highest BCUT2D eigenvalue weighted by Crippen LogP contribution is 2.23. The van der Waals surface area contributed by atoms with Gasteiger partial charge in [0.2, 0.25) is 0 Å². The lowest BCUT2D eigenvalue weighted by Gasteiger charge is -2.12. The summed E-state index contributed by atoms with van der Waals surface area (Å²) < 4.78 is 5.14. The molecule has 0 radical (unpaired) electrons. The molecule has 1 heterocycles. The van der Waals surface area contributed by atoms with Crippen LogP contribution in [0.15, 0.2) is 18.2 Å². The molecule has 1 amide bonds. The second-order valence-corrected chi connectivity index (χ2v) is 4.73. The number of aliphatic carboxylic acids is 1. The zero-order valence-corrected chi connectivity index (χ0v) is 11.1. The quantitative estimate of drug-likeness (QED) is 0.885. The Labute approximate surface area is 119 Å². The number of rotatable bonds is 3. The molecule has 2 N–H and O–H groups in total. The number of nitriles is 1. The topological polar surface area (TPSA) is 99.4 Å². The molecule has 7 heteroatoms. The van der Waals surface area contributed by atoms with Crippen LogP contribution in [-0.4, -0.2) is 29.2 Å². The first-order valence-corrected chi connectivity index (χ1v) is 6.28. The molecule has 2 rings (SSSR count). The van der Waals surface area contributed by atoms with Gasteiger partial charge in [0.15, 0.2) is 6.10 Å². The van der Waals surface area contributed by atoms with E-state index >= 15 is 0 Å².